The predicted molar refractivity (Wildman–Crippen MR) is 96.1 cm³/mol. The Morgan fingerprint density at radius 2 is 1.57 bits per heavy atom. The Kier molecular flexibility index (Phi) is 6.75. The van der Waals surface area contributed by atoms with Crippen molar-refractivity contribution in [2.75, 3.05) is 18.4 Å². The first-order chi connectivity index (χ1) is 13.2. The summed E-state index contributed by atoms with van der Waals surface area (Å²) < 4.78 is 39.9. The van der Waals surface area contributed by atoms with Gasteiger partial charge in [0.05, 0.1) is 5.69 Å². The summed E-state index contributed by atoms with van der Waals surface area (Å²) in [6, 6.07) is 7.15. The second-order valence-corrected chi connectivity index (χ2v) is 5.94. The summed E-state index contributed by atoms with van der Waals surface area (Å²) in [5, 5.41) is 2.12. The molecule has 0 radical (unpaired) electrons. The molecule has 6 nitrogen and oxygen atoms in total. The fraction of sp³-hybridized carbons (Fsp3) is 0.211. The van der Waals surface area contributed by atoms with Gasteiger partial charge in [0.25, 0.3) is 5.91 Å². The van der Waals surface area contributed by atoms with Crippen molar-refractivity contribution in [1.29, 1.82) is 0 Å². The van der Waals surface area contributed by atoms with Crippen LogP contribution in [-0.4, -0.2) is 35.7 Å². The van der Waals surface area contributed by atoms with Gasteiger partial charge in [-0.25, -0.2) is 13.2 Å². The fourth-order valence-corrected chi connectivity index (χ4v) is 2.47. The van der Waals surface area contributed by atoms with E-state index >= 15 is 0 Å². The van der Waals surface area contributed by atoms with Gasteiger partial charge in [-0.15, -0.1) is 0 Å². The zero-order valence-electron chi connectivity index (χ0n) is 15.0. The third kappa shape index (κ3) is 4.87. The molecular formula is C19H18F3N3O3. The van der Waals surface area contributed by atoms with Crippen molar-refractivity contribution < 1.29 is 27.6 Å². The number of carbonyl (C=O) groups is 3. The summed E-state index contributed by atoms with van der Waals surface area (Å²) >= 11 is 0. The van der Waals surface area contributed by atoms with Gasteiger partial charge in [0.15, 0.2) is 17.5 Å². The van der Waals surface area contributed by atoms with Gasteiger partial charge in [0, 0.05) is 17.7 Å². The lowest BCUT2D eigenvalue weighted by Crippen LogP contribution is -2.38. The first-order valence-corrected chi connectivity index (χ1v) is 8.37. The van der Waals surface area contributed by atoms with Crippen LogP contribution in [-0.2, 0) is 4.79 Å². The molecule has 0 atom stereocenters. The molecule has 0 unspecified atom stereocenters. The number of nitrogens with one attached hydrogen (secondary N) is 1. The Balaban J connectivity index is 2.13. The van der Waals surface area contributed by atoms with E-state index in [1.165, 1.54) is 29.2 Å². The number of hydrogen-bond donors (Lipinski definition) is 2. The molecule has 0 aliphatic rings. The molecule has 2 aromatic rings. The number of amides is 3. The molecular weight excluding hydrogens is 375 g/mol. The minimum absolute atomic E-state index is 0.226. The van der Waals surface area contributed by atoms with Gasteiger partial charge < -0.3 is 16.0 Å². The van der Waals surface area contributed by atoms with E-state index in [0.717, 1.165) is 6.07 Å². The van der Waals surface area contributed by atoms with Crippen LogP contribution >= 0.6 is 0 Å². The number of nitrogens with zero attached hydrogens (tertiary/aromatic N) is 1. The van der Waals surface area contributed by atoms with E-state index in [-0.39, 0.29) is 17.7 Å². The zero-order valence-corrected chi connectivity index (χ0v) is 15.0. The molecule has 0 aliphatic heterocycles. The second-order valence-electron chi connectivity index (χ2n) is 5.94. The minimum Gasteiger partial charge on any atom is -0.366 e. The number of hydrogen-bond acceptors (Lipinski definition) is 3. The molecule has 0 heterocycles. The highest BCUT2D eigenvalue weighted by Gasteiger charge is 2.20. The lowest BCUT2D eigenvalue weighted by Gasteiger charge is -2.22. The smallest absolute Gasteiger partial charge is 0.254 e. The van der Waals surface area contributed by atoms with Crippen LogP contribution in [0.25, 0.3) is 0 Å². The van der Waals surface area contributed by atoms with E-state index in [9.17, 15) is 27.6 Å². The van der Waals surface area contributed by atoms with Gasteiger partial charge in [-0.1, -0.05) is 6.92 Å². The van der Waals surface area contributed by atoms with E-state index in [0.29, 0.717) is 12.5 Å². The van der Waals surface area contributed by atoms with Crippen molar-refractivity contribution in [3.63, 3.8) is 0 Å². The maximum absolute atomic E-state index is 13.7. The number of rotatable bonds is 7. The highest BCUT2D eigenvalue weighted by molar-refractivity contribution is 6.00. The molecule has 28 heavy (non-hydrogen) atoms. The monoisotopic (exact) mass is 393 g/mol. The molecule has 3 amide bonds. The highest BCUT2D eigenvalue weighted by Crippen LogP contribution is 2.19. The Morgan fingerprint density at radius 1 is 0.964 bits per heavy atom. The number of primary amides is 1. The summed E-state index contributed by atoms with van der Waals surface area (Å²) in [6.07, 6.45) is 0.540. The lowest BCUT2D eigenvalue weighted by atomic mass is 10.1. The van der Waals surface area contributed by atoms with Gasteiger partial charge in [0.1, 0.15) is 6.54 Å². The molecule has 148 valence electrons. The quantitative estimate of drug-likeness (QED) is 0.709. The first-order valence-electron chi connectivity index (χ1n) is 8.37. The van der Waals surface area contributed by atoms with Crippen molar-refractivity contribution in [1.82, 2.24) is 4.90 Å². The minimum atomic E-state index is -1.70. The summed E-state index contributed by atoms with van der Waals surface area (Å²) in [5.41, 5.74) is 5.08. The van der Waals surface area contributed by atoms with Gasteiger partial charge in [-0.2, -0.15) is 0 Å². The number of benzene rings is 2. The number of carbonyl (C=O) groups excluding carboxylic acids is 3. The van der Waals surface area contributed by atoms with Crippen LogP contribution in [0, 0.1) is 17.5 Å². The molecule has 0 fully saturated rings. The molecule has 0 saturated carbocycles. The van der Waals surface area contributed by atoms with E-state index in [2.05, 4.69) is 5.32 Å². The summed E-state index contributed by atoms with van der Waals surface area (Å²) in [5.74, 6) is -6.51. The van der Waals surface area contributed by atoms with Crippen molar-refractivity contribution in [2.24, 2.45) is 5.73 Å². The average Bonchev–Trinajstić information content (AvgIpc) is 2.67. The molecule has 0 spiro atoms. The van der Waals surface area contributed by atoms with Crippen LogP contribution in [0.4, 0.5) is 18.9 Å². The molecule has 3 N–H and O–H groups in total. The fourth-order valence-electron chi connectivity index (χ4n) is 2.47. The van der Waals surface area contributed by atoms with Crippen LogP contribution < -0.4 is 11.1 Å². The predicted octanol–water partition coefficient (Wildman–Crippen LogP) is 2.69. The number of nitrogens with two attached hydrogens (primary N) is 1. The second kappa shape index (κ2) is 9.03. The van der Waals surface area contributed by atoms with Crippen LogP contribution in [0.3, 0.4) is 0 Å². The Morgan fingerprint density at radius 3 is 2.14 bits per heavy atom. The standard InChI is InChI=1S/C19H18F3N3O3/c1-2-9-25(19(28)12-5-3-11(4-6-12)18(23)27)10-15(26)24-14-8-7-13(20)16(21)17(14)22/h3-8H,2,9-10H2,1H3,(H2,23,27)(H,24,26). The van der Waals surface area contributed by atoms with E-state index < -0.39 is 47.4 Å². The Labute approximate surface area is 159 Å². The molecule has 9 heteroatoms. The summed E-state index contributed by atoms with van der Waals surface area (Å²) in [4.78, 5) is 37.1. The Bertz CT molecular complexity index is 901. The maximum Gasteiger partial charge on any atom is 0.254 e. The zero-order chi connectivity index (χ0) is 20.8. The number of anilines is 1. The van der Waals surface area contributed by atoms with Crippen molar-refractivity contribution in [3.8, 4) is 0 Å². The van der Waals surface area contributed by atoms with Crippen molar-refractivity contribution in [2.45, 2.75) is 13.3 Å². The maximum atomic E-state index is 13.7. The molecule has 0 aliphatic carbocycles. The first kappa shape index (κ1) is 20.9. The topological polar surface area (TPSA) is 92.5 Å². The van der Waals surface area contributed by atoms with Crippen molar-refractivity contribution >= 4 is 23.4 Å². The highest BCUT2D eigenvalue weighted by atomic mass is 19.2. The molecule has 0 aromatic heterocycles. The summed E-state index contributed by atoms with van der Waals surface area (Å²) in [7, 11) is 0. The molecule has 0 saturated heterocycles. The van der Waals surface area contributed by atoms with Gasteiger partial charge in [-0.3, -0.25) is 14.4 Å². The normalized spacial score (nSPS) is 10.4. The van der Waals surface area contributed by atoms with Gasteiger partial charge >= 0.3 is 0 Å². The largest absolute Gasteiger partial charge is 0.366 e. The van der Waals surface area contributed by atoms with Crippen LogP contribution in [0.15, 0.2) is 36.4 Å². The Hall–Kier alpha value is -3.36. The van der Waals surface area contributed by atoms with Crippen molar-refractivity contribution in [3.05, 3.63) is 65.0 Å². The molecule has 0 bridgehead atoms. The third-order valence-electron chi connectivity index (χ3n) is 3.84. The lowest BCUT2D eigenvalue weighted by molar-refractivity contribution is -0.116. The van der Waals surface area contributed by atoms with Crippen LogP contribution in [0.1, 0.15) is 34.1 Å². The van der Waals surface area contributed by atoms with Crippen LogP contribution in [0.5, 0.6) is 0 Å². The van der Waals surface area contributed by atoms with Gasteiger partial charge in [-0.05, 0) is 42.8 Å². The molecule has 2 rings (SSSR count). The average molecular weight is 393 g/mol. The number of halogens is 3. The SMILES string of the molecule is CCCN(CC(=O)Nc1ccc(F)c(F)c1F)C(=O)c1ccc(C(N)=O)cc1. The van der Waals surface area contributed by atoms with E-state index in [4.69, 9.17) is 5.73 Å². The summed E-state index contributed by atoms with van der Waals surface area (Å²) in [6.45, 7) is 1.59. The third-order valence-corrected chi connectivity index (χ3v) is 3.84. The van der Waals surface area contributed by atoms with Gasteiger partial charge in [0.2, 0.25) is 11.8 Å². The van der Waals surface area contributed by atoms with E-state index in [1.54, 1.807) is 6.92 Å². The van der Waals surface area contributed by atoms with E-state index in [1.807, 2.05) is 0 Å². The van der Waals surface area contributed by atoms with Crippen LogP contribution in [0.2, 0.25) is 0 Å². The molecule has 2 aromatic carbocycles.